The van der Waals surface area contributed by atoms with Gasteiger partial charge in [-0.15, -0.1) is 0 Å². The summed E-state index contributed by atoms with van der Waals surface area (Å²) in [6.45, 7) is 9.35. The van der Waals surface area contributed by atoms with Crippen molar-refractivity contribution in [1.29, 1.82) is 0 Å². The van der Waals surface area contributed by atoms with Gasteiger partial charge in [-0.05, 0) is 64.3 Å². The number of ether oxygens (including phenoxy) is 2. The van der Waals surface area contributed by atoms with Crippen LogP contribution in [0.5, 0.6) is 11.5 Å². The molecular weight excluding hydrogens is 376 g/mol. The minimum atomic E-state index is -0.299. The number of nitrogens with two attached hydrogens (primary N) is 1. The van der Waals surface area contributed by atoms with Gasteiger partial charge in [-0.2, -0.15) is 0 Å². The van der Waals surface area contributed by atoms with E-state index in [2.05, 4.69) is 38.8 Å². The normalized spacial score (nSPS) is 11.5. The Hall–Kier alpha value is -2.69. The Morgan fingerprint density at radius 3 is 2.60 bits per heavy atom. The van der Waals surface area contributed by atoms with E-state index in [1.807, 2.05) is 18.2 Å². The molecule has 5 heteroatoms. The van der Waals surface area contributed by atoms with Crippen LogP contribution in [0.4, 0.5) is 5.69 Å². The molecule has 1 heterocycles. The number of unbranched alkanes of at least 4 members (excludes halogenated alkanes) is 3. The summed E-state index contributed by atoms with van der Waals surface area (Å²) in [6, 6.07) is 5.43. The van der Waals surface area contributed by atoms with Crippen molar-refractivity contribution in [2.24, 2.45) is 0 Å². The zero-order valence-electron chi connectivity index (χ0n) is 18.8. The van der Waals surface area contributed by atoms with Gasteiger partial charge in [0, 0.05) is 11.1 Å². The van der Waals surface area contributed by atoms with E-state index in [0.717, 1.165) is 31.1 Å². The number of fused-ring (bicyclic) bond motifs is 1. The van der Waals surface area contributed by atoms with Crippen LogP contribution >= 0.6 is 0 Å². The molecular formula is C25H36N2O3. The van der Waals surface area contributed by atoms with Crippen LogP contribution in [0.1, 0.15) is 66.2 Å². The molecule has 30 heavy (non-hydrogen) atoms. The number of hydrogen-bond acceptors (Lipinski definition) is 4. The molecule has 0 bridgehead atoms. The van der Waals surface area contributed by atoms with Crippen molar-refractivity contribution < 1.29 is 9.47 Å². The Labute approximate surface area is 180 Å². The van der Waals surface area contributed by atoms with Crippen LogP contribution in [-0.4, -0.2) is 18.2 Å². The monoisotopic (exact) mass is 412 g/mol. The standard InChI is InChI=1S/C25H36N2O3/c1-5-6-7-8-15-29-23-21-13-12-20(26)17-22(21)27-25(28)24(23)30-16-14-19(4)11-9-10-18(2)3/h10,12-14,17H,5-9,11,15-16,26H2,1-4H3,(H,27,28)/b19-14+. The van der Waals surface area contributed by atoms with Crippen molar-refractivity contribution in [3.05, 3.63) is 51.9 Å². The highest BCUT2D eigenvalue weighted by atomic mass is 16.5. The molecule has 5 nitrogen and oxygen atoms in total. The summed E-state index contributed by atoms with van der Waals surface area (Å²) in [6.07, 6.45) is 10.6. The van der Waals surface area contributed by atoms with Crippen molar-refractivity contribution in [1.82, 2.24) is 4.98 Å². The van der Waals surface area contributed by atoms with Crippen molar-refractivity contribution in [3.63, 3.8) is 0 Å². The molecule has 0 saturated heterocycles. The summed E-state index contributed by atoms with van der Waals surface area (Å²) in [5.74, 6) is 0.733. The van der Waals surface area contributed by atoms with Gasteiger partial charge in [0.25, 0.3) is 5.56 Å². The summed E-state index contributed by atoms with van der Waals surface area (Å²) in [5, 5.41) is 0.804. The lowest BCUT2D eigenvalue weighted by Gasteiger charge is -2.14. The molecule has 0 aliphatic rings. The van der Waals surface area contributed by atoms with Crippen molar-refractivity contribution in [2.75, 3.05) is 18.9 Å². The first-order valence-corrected chi connectivity index (χ1v) is 10.9. The SMILES string of the molecule is CCCCCCOc1c(OC/C=C(\C)CCC=C(C)C)c(=O)[nH]c2cc(N)ccc12. The quantitative estimate of drug-likeness (QED) is 0.249. The Morgan fingerprint density at radius 2 is 1.87 bits per heavy atom. The highest BCUT2D eigenvalue weighted by Crippen LogP contribution is 2.32. The molecule has 3 N–H and O–H groups in total. The van der Waals surface area contributed by atoms with E-state index in [1.54, 1.807) is 6.07 Å². The molecule has 0 saturated carbocycles. The molecule has 2 rings (SSSR count). The van der Waals surface area contributed by atoms with Gasteiger partial charge in [-0.1, -0.05) is 43.4 Å². The Bertz CT molecular complexity index is 937. The summed E-state index contributed by atoms with van der Waals surface area (Å²) >= 11 is 0. The van der Waals surface area contributed by atoms with Crippen LogP contribution in [0.25, 0.3) is 10.9 Å². The maximum Gasteiger partial charge on any atom is 0.294 e. The summed E-state index contributed by atoms with van der Waals surface area (Å²) in [4.78, 5) is 15.6. The molecule has 1 aromatic carbocycles. The van der Waals surface area contributed by atoms with Gasteiger partial charge in [-0.25, -0.2) is 0 Å². The van der Waals surface area contributed by atoms with Crippen LogP contribution in [0, 0.1) is 0 Å². The average molecular weight is 413 g/mol. The number of aromatic nitrogens is 1. The van der Waals surface area contributed by atoms with E-state index in [9.17, 15) is 4.79 Å². The van der Waals surface area contributed by atoms with E-state index in [0.29, 0.717) is 30.2 Å². The van der Waals surface area contributed by atoms with Gasteiger partial charge in [0.05, 0.1) is 12.1 Å². The van der Waals surface area contributed by atoms with E-state index in [-0.39, 0.29) is 11.3 Å². The second kappa shape index (κ2) is 12.1. The number of pyridine rings is 1. The number of allylic oxidation sites excluding steroid dienone is 3. The first-order chi connectivity index (χ1) is 14.4. The predicted molar refractivity (Wildman–Crippen MR) is 127 cm³/mol. The lowest BCUT2D eigenvalue weighted by molar-refractivity contribution is 0.277. The number of nitrogen functional groups attached to an aromatic ring is 1. The number of anilines is 1. The Kier molecular flexibility index (Phi) is 9.52. The van der Waals surface area contributed by atoms with Crippen LogP contribution in [0.3, 0.4) is 0 Å². The van der Waals surface area contributed by atoms with Crippen molar-refractivity contribution in [3.8, 4) is 11.5 Å². The fraction of sp³-hybridized carbons (Fsp3) is 0.480. The molecule has 0 aliphatic carbocycles. The van der Waals surface area contributed by atoms with Gasteiger partial charge in [-0.3, -0.25) is 4.79 Å². The van der Waals surface area contributed by atoms with Crippen LogP contribution in [0.2, 0.25) is 0 Å². The summed E-state index contributed by atoms with van der Waals surface area (Å²) < 4.78 is 11.9. The maximum absolute atomic E-state index is 12.7. The Balaban J connectivity index is 2.19. The third-order valence-electron chi connectivity index (χ3n) is 4.94. The lowest BCUT2D eigenvalue weighted by Crippen LogP contribution is -2.14. The minimum Gasteiger partial charge on any atom is -0.489 e. The summed E-state index contributed by atoms with van der Waals surface area (Å²) in [7, 11) is 0. The molecule has 0 amide bonds. The molecule has 0 radical (unpaired) electrons. The van der Waals surface area contributed by atoms with Gasteiger partial charge in [0.2, 0.25) is 5.75 Å². The topological polar surface area (TPSA) is 77.3 Å². The smallest absolute Gasteiger partial charge is 0.294 e. The lowest BCUT2D eigenvalue weighted by atomic mass is 10.1. The zero-order valence-corrected chi connectivity index (χ0v) is 18.8. The Morgan fingerprint density at radius 1 is 1.07 bits per heavy atom. The second-order valence-corrected chi connectivity index (χ2v) is 8.01. The van der Waals surface area contributed by atoms with Gasteiger partial charge >= 0.3 is 0 Å². The molecule has 1 aromatic heterocycles. The minimum absolute atomic E-state index is 0.233. The van der Waals surface area contributed by atoms with Crippen molar-refractivity contribution in [2.45, 2.75) is 66.2 Å². The van der Waals surface area contributed by atoms with E-state index < -0.39 is 0 Å². The third kappa shape index (κ3) is 7.29. The van der Waals surface area contributed by atoms with E-state index >= 15 is 0 Å². The number of hydrogen-bond donors (Lipinski definition) is 2. The molecule has 0 atom stereocenters. The van der Waals surface area contributed by atoms with Crippen LogP contribution in [0.15, 0.2) is 46.3 Å². The highest BCUT2D eigenvalue weighted by molar-refractivity contribution is 5.89. The maximum atomic E-state index is 12.7. The number of rotatable bonds is 12. The molecule has 2 aromatic rings. The third-order valence-corrected chi connectivity index (χ3v) is 4.94. The molecule has 0 spiro atoms. The number of benzene rings is 1. The molecule has 0 aliphatic heterocycles. The number of aromatic amines is 1. The van der Waals surface area contributed by atoms with Gasteiger partial charge in [0.15, 0.2) is 5.75 Å². The van der Waals surface area contributed by atoms with Crippen LogP contribution in [-0.2, 0) is 0 Å². The second-order valence-electron chi connectivity index (χ2n) is 8.01. The number of H-pyrrole nitrogens is 1. The predicted octanol–water partition coefficient (Wildman–Crippen LogP) is 6.14. The molecule has 164 valence electrons. The van der Waals surface area contributed by atoms with Crippen LogP contribution < -0.4 is 20.8 Å². The van der Waals surface area contributed by atoms with E-state index in [1.165, 1.54) is 24.0 Å². The fourth-order valence-electron chi connectivity index (χ4n) is 3.20. The highest BCUT2D eigenvalue weighted by Gasteiger charge is 2.16. The largest absolute Gasteiger partial charge is 0.489 e. The van der Waals surface area contributed by atoms with Gasteiger partial charge < -0.3 is 20.2 Å². The zero-order chi connectivity index (χ0) is 21.9. The van der Waals surface area contributed by atoms with Gasteiger partial charge in [0.1, 0.15) is 6.61 Å². The first-order valence-electron chi connectivity index (χ1n) is 10.9. The first kappa shape index (κ1) is 23.6. The average Bonchev–Trinajstić information content (AvgIpc) is 2.68. The summed E-state index contributed by atoms with van der Waals surface area (Å²) in [5.41, 5.74) is 9.39. The molecule has 0 unspecified atom stereocenters. The van der Waals surface area contributed by atoms with E-state index in [4.69, 9.17) is 15.2 Å². The number of nitrogens with one attached hydrogen (secondary N) is 1. The fourth-order valence-corrected chi connectivity index (χ4v) is 3.20. The molecule has 0 fully saturated rings. The van der Waals surface area contributed by atoms with Crippen molar-refractivity contribution >= 4 is 16.6 Å².